The Morgan fingerprint density at radius 3 is 2.68 bits per heavy atom. The van der Waals surface area contributed by atoms with Crippen LogP contribution in [0.4, 0.5) is 5.69 Å². The summed E-state index contributed by atoms with van der Waals surface area (Å²) in [5, 5.41) is 3.46. The quantitative estimate of drug-likeness (QED) is 0.754. The van der Waals surface area contributed by atoms with Crippen LogP contribution in [0.5, 0.6) is 0 Å². The number of hydrogen-bond acceptors (Lipinski definition) is 2. The van der Waals surface area contributed by atoms with Crippen molar-refractivity contribution in [2.24, 2.45) is 11.8 Å². The highest BCUT2D eigenvalue weighted by molar-refractivity contribution is 5.54. The molecule has 0 saturated heterocycles. The number of hydrogen-bond donors (Lipinski definition) is 1. The number of nitrogens with zero attached hydrogens (tertiary/aromatic N) is 1. The molecule has 0 amide bonds. The van der Waals surface area contributed by atoms with E-state index < -0.39 is 0 Å². The molecular weight excluding hydrogens is 232 g/mol. The van der Waals surface area contributed by atoms with E-state index in [-0.39, 0.29) is 0 Å². The van der Waals surface area contributed by atoms with Crippen LogP contribution in [0.1, 0.15) is 37.8 Å². The van der Waals surface area contributed by atoms with Crippen molar-refractivity contribution in [2.75, 3.05) is 25.0 Å². The van der Waals surface area contributed by atoms with Gasteiger partial charge in [-0.05, 0) is 55.3 Å². The maximum Gasteiger partial charge on any atom is 0.0393 e. The van der Waals surface area contributed by atoms with E-state index in [9.17, 15) is 0 Å². The lowest BCUT2D eigenvalue weighted by Crippen LogP contribution is -2.21. The summed E-state index contributed by atoms with van der Waals surface area (Å²) in [4.78, 5) is 2.42. The Labute approximate surface area is 118 Å². The maximum atomic E-state index is 3.46. The molecular formula is C17H28N2. The Hall–Kier alpha value is -1.02. The molecule has 0 bridgehead atoms. The average Bonchev–Trinajstić information content (AvgIpc) is 3.05. The van der Waals surface area contributed by atoms with E-state index >= 15 is 0 Å². The van der Waals surface area contributed by atoms with Gasteiger partial charge in [0, 0.05) is 25.8 Å². The van der Waals surface area contributed by atoms with E-state index in [2.05, 4.69) is 56.2 Å². The van der Waals surface area contributed by atoms with E-state index in [1.165, 1.54) is 36.2 Å². The zero-order valence-corrected chi connectivity index (χ0v) is 12.9. The van der Waals surface area contributed by atoms with E-state index in [1.54, 1.807) is 0 Å². The van der Waals surface area contributed by atoms with Crippen LogP contribution in [0, 0.1) is 18.8 Å². The minimum Gasteiger partial charge on any atom is -0.374 e. The van der Waals surface area contributed by atoms with Crippen molar-refractivity contribution in [3.63, 3.8) is 0 Å². The van der Waals surface area contributed by atoms with Gasteiger partial charge >= 0.3 is 0 Å². The molecule has 1 fully saturated rings. The molecule has 2 atom stereocenters. The van der Waals surface area contributed by atoms with E-state index in [0.29, 0.717) is 0 Å². The summed E-state index contributed by atoms with van der Waals surface area (Å²) in [6, 6.07) is 6.87. The van der Waals surface area contributed by atoms with Crippen molar-refractivity contribution in [1.82, 2.24) is 5.32 Å². The van der Waals surface area contributed by atoms with E-state index in [4.69, 9.17) is 0 Å². The van der Waals surface area contributed by atoms with Crippen molar-refractivity contribution in [3.05, 3.63) is 29.3 Å². The molecule has 2 unspecified atom stereocenters. The first-order chi connectivity index (χ1) is 9.11. The Morgan fingerprint density at radius 1 is 1.37 bits per heavy atom. The van der Waals surface area contributed by atoms with Gasteiger partial charge in [0.15, 0.2) is 0 Å². The van der Waals surface area contributed by atoms with Crippen molar-refractivity contribution in [3.8, 4) is 0 Å². The van der Waals surface area contributed by atoms with Crippen LogP contribution < -0.4 is 10.2 Å². The van der Waals surface area contributed by atoms with Gasteiger partial charge < -0.3 is 10.2 Å². The summed E-state index contributed by atoms with van der Waals surface area (Å²) in [5.74, 6) is 1.84. The van der Waals surface area contributed by atoms with Gasteiger partial charge in [-0.3, -0.25) is 0 Å². The predicted octanol–water partition coefficient (Wildman–Crippen LogP) is 3.59. The highest BCUT2D eigenvalue weighted by Crippen LogP contribution is 2.39. The first-order valence-corrected chi connectivity index (χ1v) is 7.63. The first-order valence-electron chi connectivity index (χ1n) is 7.63. The number of aryl methyl sites for hydroxylation is 1. The Kier molecular flexibility index (Phi) is 4.87. The van der Waals surface area contributed by atoms with Crippen molar-refractivity contribution in [2.45, 2.75) is 40.2 Å². The second kappa shape index (κ2) is 6.42. The standard InChI is InChI=1S/C17H28N2/c1-5-8-18-11-15-6-7-17(14(3)9-15)19(4)12-16-10-13(16)2/h6-7,9,13,16,18H,5,8,10-12H2,1-4H3. The van der Waals surface area contributed by atoms with Crippen LogP contribution in [0.15, 0.2) is 18.2 Å². The van der Waals surface area contributed by atoms with Crippen LogP contribution in [-0.2, 0) is 6.54 Å². The molecule has 106 valence electrons. The number of nitrogens with one attached hydrogen (secondary N) is 1. The van der Waals surface area contributed by atoms with Gasteiger partial charge in [0.2, 0.25) is 0 Å². The molecule has 1 N–H and O–H groups in total. The molecule has 1 saturated carbocycles. The molecule has 2 heteroatoms. The molecule has 2 rings (SSSR count). The third-order valence-corrected chi connectivity index (χ3v) is 4.21. The lowest BCUT2D eigenvalue weighted by Gasteiger charge is -2.22. The predicted molar refractivity (Wildman–Crippen MR) is 83.7 cm³/mol. The molecule has 0 aliphatic heterocycles. The van der Waals surface area contributed by atoms with E-state index in [1.807, 2.05) is 0 Å². The molecule has 0 radical (unpaired) electrons. The molecule has 0 spiro atoms. The molecule has 1 aromatic rings. The SMILES string of the molecule is CCCNCc1ccc(N(C)CC2CC2C)c(C)c1. The van der Waals surface area contributed by atoms with Gasteiger partial charge in [-0.1, -0.05) is 26.0 Å². The van der Waals surface area contributed by atoms with Gasteiger partial charge in [0.25, 0.3) is 0 Å². The topological polar surface area (TPSA) is 15.3 Å². The molecule has 1 aliphatic carbocycles. The monoisotopic (exact) mass is 260 g/mol. The fourth-order valence-electron chi connectivity index (χ4n) is 2.77. The molecule has 0 heterocycles. The van der Waals surface area contributed by atoms with Crippen LogP contribution in [0.25, 0.3) is 0 Å². The summed E-state index contributed by atoms with van der Waals surface area (Å²) >= 11 is 0. The third kappa shape index (κ3) is 3.97. The number of benzene rings is 1. The maximum absolute atomic E-state index is 3.46. The van der Waals surface area contributed by atoms with Crippen molar-refractivity contribution >= 4 is 5.69 Å². The lowest BCUT2D eigenvalue weighted by atomic mass is 10.1. The Morgan fingerprint density at radius 2 is 2.11 bits per heavy atom. The lowest BCUT2D eigenvalue weighted by molar-refractivity contribution is 0.675. The van der Waals surface area contributed by atoms with Crippen LogP contribution >= 0.6 is 0 Å². The largest absolute Gasteiger partial charge is 0.374 e. The van der Waals surface area contributed by atoms with Crippen molar-refractivity contribution < 1.29 is 0 Å². The van der Waals surface area contributed by atoms with Gasteiger partial charge in [0.05, 0.1) is 0 Å². The summed E-state index contributed by atoms with van der Waals surface area (Å²) in [6.07, 6.45) is 2.60. The zero-order valence-electron chi connectivity index (χ0n) is 12.9. The summed E-state index contributed by atoms with van der Waals surface area (Å²) in [5.41, 5.74) is 4.17. The van der Waals surface area contributed by atoms with Gasteiger partial charge in [-0.15, -0.1) is 0 Å². The Bertz CT molecular complexity index is 414. The second-order valence-corrected chi connectivity index (χ2v) is 6.15. The molecule has 1 aromatic carbocycles. The van der Waals surface area contributed by atoms with Crippen LogP contribution in [0.3, 0.4) is 0 Å². The van der Waals surface area contributed by atoms with E-state index in [0.717, 1.165) is 24.9 Å². The fraction of sp³-hybridized carbons (Fsp3) is 0.647. The Balaban J connectivity index is 1.93. The summed E-state index contributed by atoms with van der Waals surface area (Å²) < 4.78 is 0. The summed E-state index contributed by atoms with van der Waals surface area (Å²) in [7, 11) is 2.22. The first kappa shape index (κ1) is 14.4. The van der Waals surface area contributed by atoms with Gasteiger partial charge in [0.1, 0.15) is 0 Å². The smallest absolute Gasteiger partial charge is 0.0393 e. The summed E-state index contributed by atoms with van der Waals surface area (Å²) in [6.45, 7) is 10.1. The number of rotatable bonds is 7. The zero-order chi connectivity index (χ0) is 13.8. The second-order valence-electron chi connectivity index (χ2n) is 6.15. The van der Waals surface area contributed by atoms with Gasteiger partial charge in [-0.25, -0.2) is 0 Å². The highest BCUT2D eigenvalue weighted by Gasteiger charge is 2.33. The minimum atomic E-state index is 0.912. The molecule has 1 aliphatic rings. The van der Waals surface area contributed by atoms with Crippen LogP contribution in [0.2, 0.25) is 0 Å². The minimum absolute atomic E-state index is 0.912. The molecule has 2 nitrogen and oxygen atoms in total. The molecule has 19 heavy (non-hydrogen) atoms. The fourth-order valence-corrected chi connectivity index (χ4v) is 2.77. The number of anilines is 1. The normalized spacial score (nSPS) is 21.5. The average molecular weight is 260 g/mol. The van der Waals surface area contributed by atoms with Crippen molar-refractivity contribution in [1.29, 1.82) is 0 Å². The van der Waals surface area contributed by atoms with Gasteiger partial charge in [-0.2, -0.15) is 0 Å². The molecule has 0 aromatic heterocycles. The third-order valence-electron chi connectivity index (χ3n) is 4.21. The highest BCUT2D eigenvalue weighted by atomic mass is 15.1. The van der Waals surface area contributed by atoms with Crippen LogP contribution in [-0.4, -0.2) is 20.1 Å².